The van der Waals surface area contributed by atoms with Crippen LogP contribution in [0.4, 0.5) is 10.5 Å². The van der Waals surface area contributed by atoms with E-state index in [1.807, 2.05) is 0 Å². The fraction of sp³-hybridized carbons (Fsp3) is 0.667. The summed E-state index contributed by atoms with van der Waals surface area (Å²) in [5.74, 6) is -0.312. The van der Waals surface area contributed by atoms with Gasteiger partial charge < -0.3 is 15.0 Å². The van der Waals surface area contributed by atoms with Gasteiger partial charge in [0.1, 0.15) is 11.6 Å². The van der Waals surface area contributed by atoms with E-state index in [9.17, 15) is 28.1 Å². The van der Waals surface area contributed by atoms with Crippen molar-refractivity contribution in [2.75, 3.05) is 7.05 Å². The third-order valence-corrected chi connectivity index (χ3v) is 8.37. The number of nitro benzene ring substituents is 1. The number of nitrogens with one attached hydrogen (secondary N) is 2. The predicted molar refractivity (Wildman–Crippen MR) is 133 cm³/mol. The number of sulfonamides is 1. The number of nitro groups is 1. The van der Waals surface area contributed by atoms with Crippen molar-refractivity contribution in [1.82, 2.24) is 14.9 Å². The average molecular weight is 525 g/mol. The predicted octanol–water partition coefficient (Wildman–Crippen LogP) is 3.34. The zero-order chi connectivity index (χ0) is 26.7. The number of likely N-dealkylation sites (N-methyl/N-ethyl adjacent to an activating group) is 1. The fourth-order valence-electron chi connectivity index (χ4n) is 4.59. The van der Waals surface area contributed by atoms with Crippen LogP contribution >= 0.6 is 0 Å². The number of hydrogen-bond donors (Lipinski definition) is 2. The summed E-state index contributed by atoms with van der Waals surface area (Å²) < 4.78 is 33.6. The van der Waals surface area contributed by atoms with Crippen LogP contribution in [0.5, 0.6) is 0 Å². The average Bonchev–Trinajstić information content (AvgIpc) is 2.75. The molecule has 2 aliphatic carbocycles. The maximum absolute atomic E-state index is 13.3. The van der Waals surface area contributed by atoms with Crippen LogP contribution in [-0.4, -0.2) is 61.0 Å². The van der Waals surface area contributed by atoms with Crippen LogP contribution < -0.4 is 10.0 Å². The van der Waals surface area contributed by atoms with Crippen LogP contribution in [0.25, 0.3) is 0 Å². The van der Waals surface area contributed by atoms with Gasteiger partial charge in [0.05, 0.1) is 9.82 Å². The summed E-state index contributed by atoms with van der Waals surface area (Å²) in [6.07, 6.45) is 4.37. The summed E-state index contributed by atoms with van der Waals surface area (Å²) in [5.41, 5.74) is -0.889. The van der Waals surface area contributed by atoms with E-state index in [0.717, 1.165) is 31.4 Å². The molecule has 1 atom stereocenters. The van der Waals surface area contributed by atoms with Gasteiger partial charge in [0.15, 0.2) is 0 Å². The lowest BCUT2D eigenvalue weighted by atomic mass is 9.80. The number of alkyl carbamates (subject to hydrolysis) is 1. The molecule has 36 heavy (non-hydrogen) atoms. The number of nitrogens with zero attached hydrogens (tertiary/aromatic N) is 2. The van der Waals surface area contributed by atoms with Crippen molar-refractivity contribution in [3.8, 4) is 0 Å². The molecule has 3 rings (SSSR count). The van der Waals surface area contributed by atoms with E-state index in [1.54, 1.807) is 32.7 Å². The number of rotatable bonds is 8. The lowest BCUT2D eigenvalue weighted by molar-refractivity contribution is -0.384. The molecule has 1 aromatic carbocycles. The quantitative estimate of drug-likeness (QED) is 0.391. The van der Waals surface area contributed by atoms with Crippen LogP contribution in [0.2, 0.25) is 0 Å². The Labute approximate surface area is 212 Å². The maximum Gasteiger partial charge on any atom is 0.408 e. The third kappa shape index (κ3) is 7.16. The number of hydrogen-bond acceptors (Lipinski definition) is 7. The number of carbonyl (C=O) groups is 2. The fourth-order valence-corrected chi connectivity index (χ4v) is 5.90. The zero-order valence-corrected chi connectivity index (χ0v) is 22.0. The van der Waals surface area contributed by atoms with E-state index < -0.39 is 32.7 Å². The molecule has 0 spiro atoms. The van der Waals surface area contributed by atoms with Gasteiger partial charge in [-0.3, -0.25) is 14.9 Å². The Kier molecular flexibility index (Phi) is 8.60. The summed E-state index contributed by atoms with van der Waals surface area (Å²) >= 11 is 0. The van der Waals surface area contributed by atoms with Crippen LogP contribution in [0.1, 0.15) is 65.7 Å². The van der Waals surface area contributed by atoms with Crippen LogP contribution in [0.3, 0.4) is 0 Å². The minimum absolute atomic E-state index is 0.0445. The normalized spacial score (nSPS) is 21.7. The van der Waals surface area contributed by atoms with Gasteiger partial charge >= 0.3 is 6.09 Å². The van der Waals surface area contributed by atoms with E-state index in [1.165, 1.54) is 12.1 Å². The van der Waals surface area contributed by atoms with Crippen molar-refractivity contribution in [2.45, 2.75) is 94.3 Å². The van der Waals surface area contributed by atoms with E-state index in [-0.39, 0.29) is 34.5 Å². The van der Waals surface area contributed by atoms with E-state index in [0.29, 0.717) is 25.7 Å². The van der Waals surface area contributed by atoms with Crippen LogP contribution in [0, 0.1) is 16.0 Å². The first-order valence-electron chi connectivity index (χ1n) is 12.3. The highest BCUT2D eigenvalue weighted by Gasteiger charge is 2.39. The van der Waals surface area contributed by atoms with Gasteiger partial charge in [0, 0.05) is 31.3 Å². The Hall–Kier alpha value is -2.73. The van der Waals surface area contributed by atoms with Crippen LogP contribution in [-0.2, 0) is 19.6 Å². The van der Waals surface area contributed by atoms with Crippen molar-refractivity contribution < 1.29 is 27.7 Å². The molecule has 2 fully saturated rings. The molecular weight excluding hydrogens is 488 g/mol. The second kappa shape index (κ2) is 11.1. The summed E-state index contributed by atoms with van der Waals surface area (Å²) in [4.78, 5) is 37.8. The topological polar surface area (TPSA) is 148 Å². The zero-order valence-electron chi connectivity index (χ0n) is 21.2. The van der Waals surface area contributed by atoms with Crippen molar-refractivity contribution in [1.29, 1.82) is 0 Å². The Morgan fingerprint density at radius 2 is 1.67 bits per heavy atom. The first-order valence-corrected chi connectivity index (χ1v) is 13.8. The van der Waals surface area contributed by atoms with Gasteiger partial charge in [-0.15, -0.1) is 0 Å². The number of non-ortho nitro benzene ring substituents is 1. The Balaban J connectivity index is 1.65. The van der Waals surface area contributed by atoms with Gasteiger partial charge in [0.25, 0.3) is 5.69 Å². The van der Waals surface area contributed by atoms with Gasteiger partial charge in [-0.2, -0.15) is 0 Å². The second-order valence-corrected chi connectivity index (χ2v) is 12.4. The largest absolute Gasteiger partial charge is 0.444 e. The standard InChI is InChI=1S/C24H36N4O7S/c1-24(2,3)35-23(30)25-21(22(29)27(4)18-6-5-7-18)16-8-10-17(11-9-16)26-36(33,34)20-14-12-19(13-15-20)28(31)32/h12-18,21,26H,5-11H2,1-4H3,(H,25,30)/t16-,17-,21-/m0/s1. The highest BCUT2D eigenvalue weighted by Crippen LogP contribution is 2.31. The summed E-state index contributed by atoms with van der Waals surface area (Å²) in [6.45, 7) is 5.27. The van der Waals surface area contributed by atoms with Gasteiger partial charge in [-0.25, -0.2) is 17.9 Å². The molecule has 12 heteroatoms. The second-order valence-electron chi connectivity index (χ2n) is 10.6. The molecule has 2 N–H and O–H groups in total. The maximum atomic E-state index is 13.3. The smallest absolute Gasteiger partial charge is 0.408 e. The number of carbonyl (C=O) groups excluding carboxylic acids is 2. The SMILES string of the molecule is CN(C(=O)[C@@H](NC(=O)OC(C)(C)C)[C@H]1CC[C@H](NS(=O)(=O)c2ccc([N+](=O)[O-])cc2)CC1)C1CCC1. The molecule has 0 aliphatic heterocycles. The molecule has 0 aromatic heterocycles. The van der Waals surface area contributed by atoms with Gasteiger partial charge in [0.2, 0.25) is 15.9 Å². The molecule has 0 heterocycles. The van der Waals surface area contributed by atoms with Crippen molar-refractivity contribution >= 4 is 27.7 Å². The highest BCUT2D eigenvalue weighted by atomic mass is 32.2. The highest BCUT2D eigenvalue weighted by molar-refractivity contribution is 7.89. The number of benzene rings is 1. The van der Waals surface area contributed by atoms with Crippen molar-refractivity contribution in [2.24, 2.45) is 5.92 Å². The Morgan fingerprint density at radius 1 is 1.08 bits per heavy atom. The van der Waals surface area contributed by atoms with Gasteiger partial charge in [-0.1, -0.05) is 0 Å². The molecule has 1 aromatic rings. The molecule has 2 saturated carbocycles. The molecule has 2 amide bonds. The lowest BCUT2D eigenvalue weighted by Gasteiger charge is -2.40. The molecule has 11 nitrogen and oxygen atoms in total. The third-order valence-electron chi connectivity index (χ3n) is 6.83. The number of ether oxygens (including phenoxy) is 1. The van der Waals surface area contributed by atoms with Crippen molar-refractivity contribution in [3.05, 3.63) is 34.4 Å². The first kappa shape index (κ1) is 27.9. The summed E-state index contributed by atoms with van der Waals surface area (Å²) in [7, 11) is -2.09. The van der Waals surface area contributed by atoms with Crippen molar-refractivity contribution in [3.63, 3.8) is 0 Å². The minimum Gasteiger partial charge on any atom is -0.444 e. The molecule has 200 valence electrons. The molecule has 2 aliphatic rings. The monoisotopic (exact) mass is 524 g/mol. The summed E-state index contributed by atoms with van der Waals surface area (Å²) in [6, 6.07) is 3.81. The molecule has 0 unspecified atom stereocenters. The van der Waals surface area contributed by atoms with E-state index >= 15 is 0 Å². The van der Waals surface area contributed by atoms with E-state index in [4.69, 9.17) is 4.74 Å². The van der Waals surface area contributed by atoms with Crippen LogP contribution in [0.15, 0.2) is 29.2 Å². The Bertz CT molecular complexity index is 1060. The summed E-state index contributed by atoms with van der Waals surface area (Å²) in [5, 5.41) is 13.6. The van der Waals surface area contributed by atoms with E-state index in [2.05, 4.69) is 10.0 Å². The molecule has 0 saturated heterocycles. The minimum atomic E-state index is -3.85. The molecule has 0 radical (unpaired) electrons. The van der Waals surface area contributed by atoms with Gasteiger partial charge in [-0.05, 0) is 83.8 Å². The molecule has 0 bridgehead atoms. The first-order chi connectivity index (χ1) is 16.8. The molecular formula is C24H36N4O7S. The Morgan fingerprint density at radius 3 is 2.14 bits per heavy atom. The number of amides is 2. The lowest BCUT2D eigenvalue weighted by Crippen LogP contribution is -2.56.